The van der Waals surface area contributed by atoms with Crippen LogP contribution in [-0.4, -0.2) is 11.8 Å². The van der Waals surface area contributed by atoms with Gasteiger partial charge in [0, 0.05) is 0 Å². The third-order valence-corrected chi connectivity index (χ3v) is 3.03. The summed E-state index contributed by atoms with van der Waals surface area (Å²) in [5, 5.41) is 8.84. The molecule has 0 bridgehead atoms. The van der Waals surface area contributed by atoms with Crippen LogP contribution in [0.4, 0.5) is 5.69 Å². The van der Waals surface area contributed by atoms with Crippen LogP contribution in [0.2, 0.25) is 0 Å². The summed E-state index contributed by atoms with van der Waals surface area (Å²) in [5.74, 6) is -0.737. The van der Waals surface area contributed by atoms with E-state index in [4.69, 9.17) is 5.26 Å². The monoisotopic (exact) mass is 248 g/mol. The van der Waals surface area contributed by atoms with Gasteiger partial charge in [-0.2, -0.15) is 5.26 Å². The van der Waals surface area contributed by atoms with E-state index in [2.05, 4.69) is 0 Å². The summed E-state index contributed by atoms with van der Waals surface area (Å²) in [4.78, 5) is 25.6. The Hall–Kier alpha value is -2.93. The maximum atomic E-state index is 12.3. The maximum absolute atomic E-state index is 12.3. The summed E-state index contributed by atoms with van der Waals surface area (Å²) in [6.07, 6.45) is 0. The Balaban J connectivity index is 2.13. The second kappa shape index (κ2) is 4.07. The first-order chi connectivity index (χ1) is 9.22. The molecule has 2 aromatic rings. The molecule has 4 nitrogen and oxygen atoms in total. The number of imide groups is 1. The lowest BCUT2D eigenvalue weighted by Gasteiger charge is -2.13. The minimum atomic E-state index is -0.386. The van der Waals surface area contributed by atoms with Crippen LogP contribution in [0.1, 0.15) is 26.3 Å². The van der Waals surface area contributed by atoms with E-state index in [1.54, 1.807) is 30.3 Å². The van der Waals surface area contributed by atoms with Gasteiger partial charge in [0.25, 0.3) is 11.8 Å². The van der Waals surface area contributed by atoms with Crippen LogP contribution in [0.3, 0.4) is 0 Å². The minimum absolute atomic E-state index is 0.285. The van der Waals surface area contributed by atoms with E-state index in [9.17, 15) is 9.59 Å². The molecule has 0 saturated heterocycles. The van der Waals surface area contributed by atoms with Gasteiger partial charge >= 0.3 is 0 Å². The van der Waals surface area contributed by atoms with Crippen LogP contribution < -0.4 is 4.90 Å². The SMILES string of the molecule is N#Cc1ccc2c(c1)C(=O)N(c1ccccc1)C2=O. The molecule has 0 unspecified atom stereocenters. The third kappa shape index (κ3) is 1.60. The van der Waals surface area contributed by atoms with E-state index in [1.165, 1.54) is 12.1 Å². The molecule has 0 radical (unpaired) electrons. The lowest BCUT2D eigenvalue weighted by Crippen LogP contribution is -2.29. The van der Waals surface area contributed by atoms with Crippen LogP contribution in [0, 0.1) is 11.3 Å². The van der Waals surface area contributed by atoms with Crippen molar-refractivity contribution in [1.29, 1.82) is 5.26 Å². The van der Waals surface area contributed by atoms with Crippen LogP contribution in [0.25, 0.3) is 0 Å². The van der Waals surface area contributed by atoms with Gasteiger partial charge in [0.1, 0.15) is 0 Å². The van der Waals surface area contributed by atoms with Crippen molar-refractivity contribution in [3.05, 3.63) is 65.2 Å². The largest absolute Gasteiger partial charge is 0.268 e. The van der Waals surface area contributed by atoms with Gasteiger partial charge in [-0.05, 0) is 30.3 Å². The highest BCUT2D eigenvalue weighted by molar-refractivity contribution is 6.34. The highest BCUT2D eigenvalue weighted by Gasteiger charge is 2.36. The number of para-hydroxylation sites is 1. The number of anilines is 1. The molecule has 2 amide bonds. The molecule has 0 spiro atoms. The van der Waals surface area contributed by atoms with Crippen molar-refractivity contribution in [3.63, 3.8) is 0 Å². The zero-order valence-corrected chi connectivity index (χ0v) is 9.83. The fourth-order valence-electron chi connectivity index (χ4n) is 2.12. The van der Waals surface area contributed by atoms with Crippen LogP contribution in [0.15, 0.2) is 48.5 Å². The molecular weight excluding hydrogens is 240 g/mol. The van der Waals surface area contributed by atoms with Gasteiger partial charge in [0.2, 0.25) is 0 Å². The predicted octanol–water partition coefficient (Wildman–Crippen LogP) is 2.36. The number of nitriles is 1. The van der Waals surface area contributed by atoms with Crippen molar-refractivity contribution in [2.75, 3.05) is 4.90 Å². The fraction of sp³-hybridized carbons (Fsp3) is 0. The molecule has 19 heavy (non-hydrogen) atoms. The first kappa shape index (κ1) is 11.2. The van der Waals surface area contributed by atoms with Gasteiger partial charge in [-0.1, -0.05) is 18.2 Å². The number of carbonyl (C=O) groups excluding carboxylic acids is 2. The van der Waals surface area contributed by atoms with Gasteiger partial charge in [-0.25, -0.2) is 4.90 Å². The molecule has 1 heterocycles. The minimum Gasteiger partial charge on any atom is -0.268 e. The van der Waals surface area contributed by atoms with Crippen LogP contribution >= 0.6 is 0 Å². The number of nitrogens with zero attached hydrogens (tertiary/aromatic N) is 2. The van der Waals surface area contributed by atoms with E-state index in [0.29, 0.717) is 16.8 Å². The van der Waals surface area contributed by atoms with Gasteiger partial charge in [0.05, 0.1) is 28.4 Å². The van der Waals surface area contributed by atoms with Crippen molar-refractivity contribution in [2.45, 2.75) is 0 Å². The highest BCUT2D eigenvalue weighted by atomic mass is 16.2. The summed E-state index contributed by atoms with van der Waals surface area (Å²) in [6, 6.07) is 15.2. The van der Waals surface area contributed by atoms with Gasteiger partial charge in [-0.15, -0.1) is 0 Å². The molecule has 1 aliphatic heterocycles. The quantitative estimate of drug-likeness (QED) is 0.728. The van der Waals surface area contributed by atoms with Crippen molar-refractivity contribution >= 4 is 17.5 Å². The first-order valence-electron chi connectivity index (χ1n) is 5.70. The molecular formula is C15H8N2O2. The Bertz CT molecular complexity index is 730. The molecule has 0 aliphatic carbocycles. The third-order valence-electron chi connectivity index (χ3n) is 3.03. The van der Waals surface area contributed by atoms with Crippen molar-refractivity contribution < 1.29 is 9.59 Å². The summed E-state index contributed by atoms with van der Waals surface area (Å²) in [6.45, 7) is 0. The molecule has 0 saturated carbocycles. The highest BCUT2D eigenvalue weighted by Crippen LogP contribution is 2.28. The normalized spacial score (nSPS) is 13.3. The van der Waals surface area contributed by atoms with Crippen molar-refractivity contribution in [2.24, 2.45) is 0 Å². The summed E-state index contributed by atoms with van der Waals surface area (Å²) in [5.41, 5.74) is 1.53. The standard InChI is InChI=1S/C15H8N2O2/c16-9-10-6-7-12-13(8-10)15(19)17(14(12)18)11-4-2-1-3-5-11/h1-8H. The lowest BCUT2D eigenvalue weighted by atomic mass is 10.1. The molecule has 2 aromatic carbocycles. The number of carbonyl (C=O) groups is 2. The van der Waals surface area contributed by atoms with Crippen molar-refractivity contribution in [3.8, 4) is 6.07 Å². The molecule has 3 rings (SSSR count). The lowest BCUT2D eigenvalue weighted by molar-refractivity contribution is 0.0926. The Morgan fingerprint density at radius 2 is 1.58 bits per heavy atom. The smallest absolute Gasteiger partial charge is 0.266 e. The summed E-state index contributed by atoms with van der Waals surface area (Å²) in [7, 11) is 0. The van der Waals surface area contributed by atoms with E-state index in [1.807, 2.05) is 12.1 Å². The first-order valence-corrected chi connectivity index (χ1v) is 5.70. The average molecular weight is 248 g/mol. The molecule has 0 aromatic heterocycles. The second-order valence-corrected chi connectivity index (χ2v) is 4.15. The van der Waals surface area contributed by atoms with Crippen LogP contribution in [0.5, 0.6) is 0 Å². The Morgan fingerprint density at radius 1 is 0.895 bits per heavy atom. The molecule has 4 heteroatoms. The Morgan fingerprint density at radius 3 is 2.26 bits per heavy atom. The molecule has 0 N–H and O–H groups in total. The number of amides is 2. The zero-order chi connectivity index (χ0) is 13.4. The van der Waals surface area contributed by atoms with E-state index in [-0.39, 0.29) is 17.4 Å². The summed E-state index contributed by atoms with van der Waals surface area (Å²) >= 11 is 0. The van der Waals surface area contributed by atoms with Gasteiger partial charge < -0.3 is 0 Å². The topological polar surface area (TPSA) is 61.2 Å². The zero-order valence-electron chi connectivity index (χ0n) is 9.83. The average Bonchev–Trinajstić information content (AvgIpc) is 2.71. The Kier molecular flexibility index (Phi) is 2.39. The molecule has 0 atom stereocenters. The van der Waals surface area contributed by atoms with Crippen molar-refractivity contribution in [1.82, 2.24) is 0 Å². The van der Waals surface area contributed by atoms with E-state index < -0.39 is 0 Å². The van der Waals surface area contributed by atoms with E-state index in [0.717, 1.165) is 4.90 Å². The molecule has 0 fully saturated rings. The fourth-order valence-corrected chi connectivity index (χ4v) is 2.12. The predicted molar refractivity (Wildman–Crippen MR) is 68.7 cm³/mol. The Labute approximate surface area is 109 Å². The number of hydrogen-bond donors (Lipinski definition) is 0. The number of benzene rings is 2. The molecule has 1 aliphatic rings. The van der Waals surface area contributed by atoms with Gasteiger partial charge in [-0.3, -0.25) is 9.59 Å². The summed E-state index contributed by atoms with van der Waals surface area (Å²) < 4.78 is 0. The van der Waals surface area contributed by atoms with Crippen LogP contribution in [-0.2, 0) is 0 Å². The number of fused-ring (bicyclic) bond motifs is 1. The second-order valence-electron chi connectivity index (χ2n) is 4.15. The number of rotatable bonds is 1. The number of hydrogen-bond acceptors (Lipinski definition) is 3. The molecule has 90 valence electrons. The van der Waals surface area contributed by atoms with E-state index >= 15 is 0 Å². The van der Waals surface area contributed by atoms with Gasteiger partial charge in [0.15, 0.2) is 0 Å². The maximum Gasteiger partial charge on any atom is 0.266 e.